The van der Waals surface area contributed by atoms with Crippen LogP contribution >= 0.6 is 11.3 Å². The number of aromatic nitrogens is 1. The lowest BCUT2D eigenvalue weighted by atomic mass is 9.96. The maximum absolute atomic E-state index is 12.3. The van der Waals surface area contributed by atoms with Gasteiger partial charge in [0.2, 0.25) is 0 Å². The fourth-order valence-electron chi connectivity index (χ4n) is 3.42. The van der Waals surface area contributed by atoms with Crippen LogP contribution in [0.4, 0.5) is 0 Å². The molecule has 2 fully saturated rings. The van der Waals surface area contributed by atoms with Crippen LogP contribution in [0, 0.1) is 5.92 Å². The summed E-state index contributed by atoms with van der Waals surface area (Å²) in [6, 6.07) is 4.24. The van der Waals surface area contributed by atoms with Gasteiger partial charge in [-0.05, 0) is 42.8 Å². The van der Waals surface area contributed by atoms with Crippen LogP contribution in [0.25, 0.3) is 10.2 Å². The third kappa shape index (κ3) is 2.21. The zero-order valence-corrected chi connectivity index (χ0v) is 12.0. The van der Waals surface area contributed by atoms with Gasteiger partial charge >= 0.3 is 0 Å². The second-order valence-electron chi connectivity index (χ2n) is 5.86. The molecule has 2 aromatic rings. The van der Waals surface area contributed by atoms with Gasteiger partial charge in [0, 0.05) is 30.7 Å². The minimum atomic E-state index is 0.0121. The van der Waals surface area contributed by atoms with E-state index in [1.165, 1.54) is 19.5 Å². The van der Waals surface area contributed by atoms with E-state index in [1.54, 1.807) is 17.5 Å². The molecule has 1 unspecified atom stereocenters. The average molecular weight is 287 g/mol. The van der Waals surface area contributed by atoms with Crippen molar-refractivity contribution in [2.75, 3.05) is 19.6 Å². The highest BCUT2D eigenvalue weighted by atomic mass is 32.1. The number of piperidine rings is 1. The number of fused-ring (bicyclic) bond motifs is 3. The van der Waals surface area contributed by atoms with Crippen LogP contribution in [0.5, 0.6) is 0 Å². The molecule has 104 valence electrons. The van der Waals surface area contributed by atoms with Crippen molar-refractivity contribution in [2.45, 2.75) is 18.9 Å². The summed E-state index contributed by atoms with van der Waals surface area (Å²) in [6.45, 7) is 3.41. The van der Waals surface area contributed by atoms with E-state index in [-0.39, 0.29) is 5.91 Å². The Hall–Kier alpha value is -1.46. The molecule has 0 aromatic carbocycles. The number of pyridine rings is 1. The van der Waals surface area contributed by atoms with Crippen molar-refractivity contribution in [1.82, 2.24) is 15.2 Å². The molecule has 0 spiro atoms. The highest BCUT2D eigenvalue weighted by molar-refractivity contribution is 7.16. The highest BCUT2D eigenvalue weighted by Crippen LogP contribution is 2.27. The van der Waals surface area contributed by atoms with Crippen LogP contribution in [0.15, 0.2) is 23.7 Å². The van der Waals surface area contributed by atoms with E-state index in [2.05, 4.69) is 15.2 Å². The number of thiophene rings is 1. The summed E-state index contributed by atoms with van der Waals surface area (Å²) in [5.41, 5.74) is 0.670. The molecule has 2 aromatic heterocycles. The molecular formula is C15H17N3OS. The summed E-state index contributed by atoms with van der Waals surface area (Å²) >= 11 is 1.60. The Bertz CT molecular complexity index is 641. The normalized spacial score (nSPS) is 28.7. The van der Waals surface area contributed by atoms with Gasteiger partial charge in [-0.2, -0.15) is 0 Å². The summed E-state index contributed by atoms with van der Waals surface area (Å²) in [7, 11) is 0. The van der Waals surface area contributed by atoms with Gasteiger partial charge in [0.25, 0.3) is 5.91 Å². The third-order valence-corrected chi connectivity index (χ3v) is 5.21. The lowest BCUT2D eigenvalue weighted by molar-refractivity contribution is 0.0909. The monoisotopic (exact) mass is 287 g/mol. The molecule has 2 bridgehead atoms. The molecule has 3 atom stereocenters. The zero-order valence-electron chi connectivity index (χ0n) is 11.2. The molecule has 4 rings (SSSR count). The van der Waals surface area contributed by atoms with Crippen LogP contribution < -0.4 is 5.32 Å². The van der Waals surface area contributed by atoms with E-state index in [0.29, 0.717) is 11.6 Å². The molecule has 1 N–H and O–H groups in total. The number of nitrogens with zero attached hydrogens (tertiary/aromatic N) is 2. The van der Waals surface area contributed by atoms with Crippen LogP contribution in [0.3, 0.4) is 0 Å². The number of rotatable bonds is 2. The summed E-state index contributed by atoms with van der Waals surface area (Å²) in [5.74, 6) is 0.782. The predicted molar refractivity (Wildman–Crippen MR) is 80.0 cm³/mol. The lowest BCUT2D eigenvalue weighted by Gasteiger charge is -2.30. The fraction of sp³-hybridized carbons (Fsp3) is 0.467. The van der Waals surface area contributed by atoms with Crippen LogP contribution in [-0.2, 0) is 0 Å². The molecule has 0 radical (unpaired) electrons. The Morgan fingerprint density at radius 1 is 1.45 bits per heavy atom. The van der Waals surface area contributed by atoms with Crippen molar-refractivity contribution in [3.8, 4) is 0 Å². The van der Waals surface area contributed by atoms with Gasteiger partial charge < -0.3 is 10.2 Å². The quantitative estimate of drug-likeness (QED) is 0.920. The van der Waals surface area contributed by atoms with Crippen molar-refractivity contribution in [2.24, 2.45) is 5.92 Å². The molecule has 4 heterocycles. The molecule has 2 saturated heterocycles. The van der Waals surface area contributed by atoms with Gasteiger partial charge in [0.1, 0.15) is 4.83 Å². The zero-order chi connectivity index (χ0) is 13.5. The number of nitrogens with one attached hydrogen (secondary N) is 1. The molecule has 2 aliphatic rings. The lowest BCUT2D eigenvalue weighted by Crippen LogP contribution is -2.47. The first-order valence-electron chi connectivity index (χ1n) is 7.14. The minimum absolute atomic E-state index is 0.0121. The molecule has 0 saturated carbocycles. The minimum Gasteiger partial charge on any atom is -0.348 e. The second-order valence-corrected chi connectivity index (χ2v) is 6.75. The van der Waals surface area contributed by atoms with Gasteiger partial charge in [-0.1, -0.05) is 0 Å². The number of carbonyl (C=O) groups is 1. The van der Waals surface area contributed by atoms with Crippen LogP contribution in [0.1, 0.15) is 23.2 Å². The van der Waals surface area contributed by atoms with Gasteiger partial charge in [0.15, 0.2) is 0 Å². The summed E-state index contributed by atoms with van der Waals surface area (Å²) in [5, 5.41) is 6.23. The fourth-order valence-corrected chi connectivity index (χ4v) is 4.14. The Morgan fingerprint density at radius 3 is 3.30 bits per heavy atom. The highest BCUT2D eigenvalue weighted by Gasteiger charge is 2.32. The van der Waals surface area contributed by atoms with Crippen molar-refractivity contribution in [3.05, 3.63) is 29.3 Å². The van der Waals surface area contributed by atoms with Gasteiger partial charge in [-0.3, -0.25) is 4.79 Å². The Labute approximate surface area is 121 Å². The molecular weight excluding hydrogens is 270 g/mol. The number of carbonyl (C=O) groups excluding carboxylic acids is 1. The largest absolute Gasteiger partial charge is 0.348 e. The first kappa shape index (κ1) is 12.3. The molecule has 0 aliphatic carbocycles. The maximum Gasteiger partial charge on any atom is 0.253 e. The van der Waals surface area contributed by atoms with Crippen molar-refractivity contribution >= 4 is 27.5 Å². The predicted octanol–water partition coefficient (Wildman–Crippen LogP) is 2.12. The second kappa shape index (κ2) is 4.82. The Morgan fingerprint density at radius 2 is 2.40 bits per heavy atom. The molecule has 4 nitrogen and oxygen atoms in total. The first-order valence-corrected chi connectivity index (χ1v) is 8.02. The van der Waals surface area contributed by atoms with Gasteiger partial charge in [-0.15, -0.1) is 11.3 Å². The van der Waals surface area contributed by atoms with E-state index < -0.39 is 0 Å². The smallest absolute Gasteiger partial charge is 0.253 e. The van der Waals surface area contributed by atoms with E-state index >= 15 is 0 Å². The number of hydrogen-bond donors (Lipinski definition) is 1. The maximum atomic E-state index is 12.3. The first-order chi connectivity index (χ1) is 9.78. The van der Waals surface area contributed by atoms with Crippen LogP contribution in [-0.4, -0.2) is 41.5 Å². The summed E-state index contributed by atoms with van der Waals surface area (Å²) in [6.07, 6.45) is 4.09. The van der Waals surface area contributed by atoms with E-state index in [4.69, 9.17) is 0 Å². The topological polar surface area (TPSA) is 45.2 Å². The summed E-state index contributed by atoms with van der Waals surface area (Å²) in [4.78, 5) is 20.1. The van der Waals surface area contributed by atoms with Crippen molar-refractivity contribution in [1.29, 1.82) is 0 Å². The Kier molecular flexibility index (Phi) is 2.97. The van der Waals surface area contributed by atoms with E-state index in [1.807, 2.05) is 17.5 Å². The van der Waals surface area contributed by atoms with Crippen LogP contribution in [0.2, 0.25) is 0 Å². The van der Waals surface area contributed by atoms with Gasteiger partial charge in [0.05, 0.1) is 5.56 Å². The third-order valence-electron chi connectivity index (χ3n) is 4.37. The molecule has 20 heavy (non-hydrogen) atoms. The molecule has 2 aliphatic heterocycles. The standard InChI is InChI=1S/C15H17N3OS/c19-14(12-6-11-2-4-20-15(11)16-7-12)17-13-5-10-1-3-18(8-10)9-13/h2,4,6-7,10,13H,1,3,5,8-9H2,(H,17,19)/t10-,13-/m1/s1. The SMILES string of the molecule is O=C(N[C@@H]1C[C@H]2CCN(C2)C1)c1cnc2sccc2c1. The average Bonchev–Trinajstić information content (AvgIpc) is 3.04. The van der Waals surface area contributed by atoms with Crippen molar-refractivity contribution in [3.63, 3.8) is 0 Å². The van der Waals surface area contributed by atoms with E-state index in [9.17, 15) is 4.79 Å². The molecule has 1 amide bonds. The number of hydrogen-bond acceptors (Lipinski definition) is 4. The van der Waals surface area contributed by atoms with E-state index in [0.717, 1.165) is 29.1 Å². The summed E-state index contributed by atoms with van der Waals surface area (Å²) < 4.78 is 0. The van der Waals surface area contributed by atoms with Crippen molar-refractivity contribution < 1.29 is 4.79 Å². The number of amides is 1. The Balaban J connectivity index is 1.49. The molecule has 5 heteroatoms. The van der Waals surface area contributed by atoms with Gasteiger partial charge in [-0.25, -0.2) is 4.98 Å².